The molecule has 8 heteroatoms. The molecule has 0 atom stereocenters. The number of fused-ring (bicyclic) bond motifs is 1. The second-order valence-corrected chi connectivity index (χ2v) is 8.51. The Bertz CT molecular complexity index is 1520. The van der Waals surface area contributed by atoms with Gasteiger partial charge >= 0.3 is 0 Å². The quantitative estimate of drug-likeness (QED) is 0.388. The predicted octanol–water partition coefficient (Wildman–Crippen LogP) is 5.09. The fourth-order valence-electron chi connectivity index (χ4n) is 4.30. The summed E-state index contributed by atoms with van der Waals surface area (Å²) in [6.07, 6.45) is 8.57. The normalized spacial score (nSPS) is 14.3. The van der Waals surface area contributed by atoms with Crippen molar-refractivity contribution in [2.75, 3.05) is 0 Å². The second kappa shape index (κ2) is 7.62. The van der Waals surface area contributed by atoms with Gasteiger partial charge in [0, 0.05) is 29.1 Å². The summed E-state index contributed by atoms with van der Waals surface area (Å²) in [5, 5.41) is 9.72. The molecular weight excluding hydrogens is 436 g/mol. The number of carbonyl (C=O) groups excluding carboxylic acids is 1. The van der Waals surface area contributed by atoms with Crippen molar-refractivity contribution in [3.63, 3.8) is 0 Å². The highest BCUT2D eigenvalue weighted by atomic mass is 19.1. The van der Waals surface area contributed by atoms with Crippen molar-refractivity contribution < 1.29 is 13.6 Å². The van der Waals surface area contributed by atoms with E-state index in [0.29, 0.717) is 11.3 Å². The van der Waals surface area contributed by atoms with E-state index in [1.54, 1.807) is 36.8 Å². The van der Waals surface area contributed by atoms with Gasteiger partial charge in [0.2, 0.25) is 0 Å². The summed E-state index contributed by atoms with van der Waals surface area (Å²) >= 11 is 0. The monoisotopic (exact) mass is 455 g/mol. The molecule has 1 fully saturated rings. The summed E-state index contributed by atoms with van der Waals surface area (Å²) in [6, 6.07) is 14.4. The van der Waals surface area contributed by atoms with E-state index in [9.17, 15) is 9.18 Å². The SMILES string of the molecule is O=C(NC1(c2ccc(F)cc2)CC1)c1ccc(-c2cnc3ccc(-c4cn[nH]c4)cn23)cc1F. The average Bonchev–Trinajstić information content (AvgIpc) is 3.23. The van der Waals surface area contributed by atoms with Gasteiger partial charge in [-0.15, -0.1) is 0 Å². The fraction of sp³-hybridized carbons (Fsp3) is 0.115. The third kappa shape index (κ3) is 3.44. The van der Waals surface area contributed by atoms with Crippen LogP contribution in [0.15, 0.2) is 79.4 Å². The standard InChI is InChI=1S/C26H19F2N5O/c27-20-5-3-19(4-6-20)26(9-10-26)32-25(34)21-7-1-16(11-22(21)28)23-14-29-24-8-2-17(15-33(23)24)18-12-30-31-13-18/h1-8,11-15H,9-10H2,(H,30,31)(H,32,34). The van der Waals surface area contributed by atoms with E-state index >= 15 is 4.39 Å². The summed E-state index contributed by atoms with van der Waals surface area (Å²) in [6.45, 7) is 0. The van der Waals surface area contributed by atoms with Crippen LogP contribution >= 0.6 is 0 Å². The molecule has 3 heterocycles. The van der Waals surface area contributed by atoms with Crippen LogP contribution < -0.4 is 5.32 Å². The van der Waals surface area contributed by atoms with Gasteiger partial charge in [0.05, 0.1) is 29.2 Å². The Balaban J connectivity index is 1.29. The highest BCUT2D eigenvalue weighted by Gasteiger charge is 2.46. The Morgan fingerprint density at radius 3 is 2.47 bits per heavy atom. The Labute approximate surface area is 193 Å². The molecule has 0 unspecified atom stereocenters. The van der Waals surface area contributed by atoms with E-state index in [4.69, 9.17) is 0 Å². The number of hydrogen-bond donors (Lipinski definition) is 2. The number of benzene rings is 2. The molecule has 0 spiro atoms. The number of aromatic amines is 1. The van der Waals surface area contributed by atoms with Gasteiger partial charge in [0.25, 0.3) is 5.91 Å². The number of nitrogens with one attached hydrogen (secondary N) is 2. The number of aromatic nitrogens is 4. The smallest absolute Gasteiger partial charge is 0.254 e. The maximum absolute atomic E-state index is 15.1. The molecule has 6 nitrogen and oxygen atoms in total. The van der Waals surface area contributed by atoms with E-state index in [0.717, 1.165) is 35.2 Å². The van der Waals surface area contributed by atoms with Gasteiger partial charge in [-0.05, 0) is 54.8 Å². The molecule has 0 radical (unpaired) electrons. The lowest BCUT2D eigenvalue weighted by Crippen LogP contribution is -2.35. The molecule has 3 aromatic heterocycles. The van der Waals surface area contributed by atoms with Gasteiger partial charge < -0.3 is 5.32 Å². The third-order valence-electron chi connectivity index (χ3n) is 6.35. The summed E-state index contributed by atoms with van der Waals surface area (Å²) in [5.41, 5.74) is 4.10. The van der Waals surface area contributed by atoms with Crippen molar-refractivity contribution in [2.24, 2.45) is 0 Å². The zero-order chi connectivity index (χ0) is 23.3. The first-order chi connectivity index (χ1) is 16.5. The van der Waals surface area contributed by atoms with Crippen LogP contribution in [0.1, 0.15) is 28.8 Å². The minimum atomic E-state index is -0.620. The van der Waals surface area contributed by atoms with Gasteiger partial charge in [-0.3, -0.25) is 14.3 Å². The Hall–Kier alpha value is -4.33. The van der Waals surface area contributed by atoms with Gasteiger partial charge in [-0.2, -0.15) is 5.10 Å². The number of hydrogen-bond acceptors (Lipinski definition) is 3. The maximum Gasteiger partial charge on any atom is 0.254 e. The van der Waals surface area contributed by atoms with Gasteiger partial charge in [0.15, 0.2) is 0 Å². The van der Waals surface area contributed by atoms with Gasteiger partial charge in [0.1, 0.15) is 17.3 Å². The maximum atomic E-state index is 15.1. The van der Waals surface area contributed by atoms with E-state index in [2.05, 4.69) is 20.5 Å². The summed E-state index contributed by atoms with van der Waals surface area (Å²) < 4.78 is 30.2. The number of halogens is 2. The molecule has 1 aliphatic rings. The lowest BCUT2D eigenvalue weighted by atomic mass is 10.0. The molecule has 168 valence electrons. The summed E-state index contributed by atoms with van der Waals surface area (Å²) in [7, 11) is 0. The third-order valence-corrected chi connectivity index (χ3v) is 6.35. The topological polar surface area (TPSA) is 75.1 Å². The number of carbonyl (C=O) groups is 1. The number of H-pyrrole nitrogens is 1. The summed E-state index contributed by atoms with van der Waals surface area (Å²) in [5.74, 6) is -1.45. The van der Waals surface area contributed by atoms with Crippen LogP contribution in [0, 0.1) is 11.6 Å². The number of amides is 1. The van der Waals surface area contributed by atoms with Crippen LogP contribution in [0.3, 0.4) is 0 Å². The Morgan fingerprint density at radius 2 is 1.76 bits per heavy atom. The number of rotatable bonds is 5. The molecule has 0 aliphatic heterocycles. The number of pyridine rings is 1. The fourth-order valence-corrected chi connectivity index (χ4v) is 4.30. The molecule has 1 aliphatic carbocycles. The second-order valence-electron chi connectivity index (χ2n) is 8.51. The van der Waals surface area contributed by atoms with Crippen molar-refractivity contribution in [1.82, 2.24) is 24.9 Å². The van der Waals surface area contributed by atoms with E-state index < -0.39 is 17.3 Å². The Kier molecular flexibility index (Phi) is 4.55. The van der Waals surface area contributed by atoms with Gasteiger partial charge in [-0.25, -0.2) is 13.8 Å². The van der Waals surface area contributed by atoms with Gasteiger partial charge in [-0.1, -0.05) is 18.2 Å². The van der Waals surface area contributed by atoms with Crippen molar-refractivity contribution >= 4 is 11.6 Å². The zero-order valence-corrected chi connectivity index (χ0v) is 17.9. The first-order valence-corrected chi connectivity index (χ1v) is 10.9. The highest BCUT2D eigenvalue weighted by Crippen LogP contribution is 2.45. The Morgan fingerprint density at radius 1 is 0.971 bits per heavy atom. The molecular formula is C26H19F2N5O. The molecule has 2 aromatic carbocycles. The van der Waals surface area contributed by atoms with Crippen LogP contribution in [0.25, 0.3) is 28.0 Å². The molecule has 5 aromatic rings. The minimum Gasteiger partial charge on any atom is -0.342 e. The average molecular weight is 455 g/mol. The molecule has 0 bridgehead atoms. The van der Waals surface area contributed by atoms with Crippen LogP contribution in [-0.2, 0) is 5.54 Å². The van der Waals surface area contributed by atoms with Crippen molar-refractivity contribution in [3.8, 4) is 22.4 Å². The molecule has 34 heavy (non-hydrogen) atoms. The van der Waals surface area contributed by atoms with E-state index in [-0.39, 0.29) is 11.4 Å². The lowest BCUT2D eigenvalue weighted by molar-refractivity contribution is 0.0926. The van der Waals surface area contributed by atoms with Crippen molar-refractivity contribution in [1.29, 1.82) is 0 Å². The minimum absolute atomic E-state index is 0.0370. The molecule has 2 N–H and O–H groups in total. The molecule has 1 saturated carbocycles. The zero-order valence-electron chi connectivity index (χ0n) is 17.9. The number of imidazole rings is 1. The van der Waals surface area contributed by atoms with Crippen LogP contribution in [0.5, 0.6) is 0 Å². The molecule has 6 rings (SSSR count). The molecule has 0 saturated heterocycles. The first-order valence-electron chi connectivity index (χ1n) is 10.9. The summed E-state index contributed by atoms with van der Waals surface area (Å²) in [4.78, 5) is 17.3. The van der Waals surface area contributed by atoms with Crippen LogP contribution in [0.2, 0.25) is 0 Å². The number of nitrogens with zero attached hydrogens (tertiary/aromatic N) is 3. The van der Waals surface area contributed by atoms with Crippen LogP contribution in [0.4, 0.5) is 8.78 Å². The van der Waals surface area contributed by atoms with E-state index in [1.165, 1.54) is 24.3 Å². The largest absolute Gasteiger partial charge is 0.342 e. The van der Waals surface area contributed by atoms with Crippen molar-refractivity contribution in [2.45, 2.75) is 18.4 Å². The highest BCUT2D eigenvalue weighted by molar-refractivity contribution is 5.95. The molecule has 1 amide bonds. The predicted molar refractivity (Wildman–Crippen MR) is 123 cm³/mol. The van der Waals surface area contributed by atoms with Crippen molar-refractivity contribution in [3.05, 3.63) is 102 Å². The first kappa shape index (κ1) is 20.3. The van der Waals surface area contributed by atoms with E-state index in [1.807, 2.05) is 22.7 Å². The lowest BCUT2D eigenvalue weighted by Gasteiger charge is -2.18. The van der Waals surface area contributed by atoms with Crippen LogP contribution in [-0.4, -0.2) is 25.5 Å².